The van der Waals surface area contributed by atoms with Gasteiger partial charge in [-0.25, -0.2) is 9.97 Å². The van der Waals surface area contributed by atoms with E-state index in [1.807, 2.05) is 0 Å². The molecular weight excluding hydrogens is 377 g/mol. The Morgan fingerprint density at radius 1 is 1.24 bits per heavy atom. The second kappa shape index (κ2) is 5.99. The highest BCUT2D eigenvalue weighted by Gasteiger charge is 2.41. The summed E-state index contributed by atoms with van der Waals surface area (Å²) in [6, 6.07) is 0. The molecule has 0 radical (unpaired) electrons. The van der Waals surface area contributed by atoms with E-state index in [-0.39, 0.29) is 5.60 Å². The van der Waals surface area contributed by atoms with Crippen molar-refractivity contribution in [1.29, 1.82) is 0 Å². The smallest absolute Gasteiger partial charge is 0.162 e. The number of nitrogen functional groups attached to an aromatic ring is 1. The van der Waals surface area contributed by atoms with Crippen molar-refractivity contribution >= 4 is 28.4 Å². The average molecular weight is 401 g/mol. The molecule has 4 nitrogen and oxygen atoms in total. The zero-order valence-electron chi connectivity index (χ0n) is 12.9. The van der Waals surface area contributed by atoms with Crippen molar-refractivity contribution in [3.63, 3.8) is 0 Å². The van der Waals surface area contributed by atoms with Crippen molar-refractivity contribution in [3.05, 3.63) is 15.1 Å². The maximum atomic E-state index is 6.17. The second-order valence-corrected chi connectivity index (χ2v) is 7.59. The highest BCUT2D eigenvalue weighted by atomic mass is 127. The van der Waals surface area contributed by atoms with Crippen LogP contribution in [0.1, 0.15) is 69.8 Å². The van der Waals surface area contributed by atoms with Crippen molar-refractivity contribution in [2.75, 3.05) is 12.3 Å². The van der Waals surface area contributed by atoms with E-state index in [0.717, 1.165) is 33.8 Å². The molecule has 3 rings (SSSR count). The van der Waals surface area contributed by atoms with E-state index < -0.39 is 0 Å². The lowest BCUT2D eigenvalue weighted by Crippen LogP contribution is -2.37. The summed E-state index contributed by atoms with van der Waals surface area (Å²) >= 11 is 2.29. The number of hydrogen-bond acceptors (Lipinski definition) is 4. The van der Waals surface area contributed by atoms with E-state index in [0.29, 0.717) is 18.3 Å². The van der Waals surface area contributed by atoms with Gasteiger partial charge < -0.3 is 10.5 Å². The third-order valence-corrected chi connectivity index (χ3v) is 5.88. The molecule has 1 aromatic heterocycles. The normalized spacial score (nSPS) is 29.6. The van der Waals surface area contributed by atoms with Gasteiger partial charge in [-0.1, -0.05) is 6.92 Å². The standard InChI is InChI=1S/C16H24IN3O/c1-3-21-16(8-6-10(2)7-9-16)15-19-13(11-4-5-11)12(17)14(18)20-15/h10-11H,3-9H2,1-2H3,(H2,18,19,20). The van der Waals surface area contributed by atoms with Crippen molar-refractivity contribution in [1.82, 2.24) is 9.97 Å². The van der Waals surface area contributed by atoms with Gasteiger partial charge in [0.25, 0.3) is 0 Å². The molecule has 1 aromatic rings. The SMILES string of the molecule is CCOC1(c2nc(N)c(I)c(C3CC3)n2)CCC(C)CC1. The molecule has 2 N–H and O–H groups in total. The van der Waals surface area contributed by atoms with Crippen LogP contribution in [-0.2, 0) is 10.3 Å². The van der Waals surface area contributed by atoms with E-state index in [4.69, 9.17) is 15.5 Å². The van der Waals surface area contributed by atoms with Gasteiger partial charge in [-0.15, -0.1) is 0 Å². The van der Waals surface area contributed by atoms with Crippen molar-refractivity contribution < 1.29 is 4.74 Å². The predicted molar refractivity (Wildman–Crippen MR) is 92.1 cm³/mol. The minimum absolute atomic E-state index is 0.316. The minimum Gasteiger partial charge on any atom is -0.383 e. The Hall–Kier alpha value is -0.430. The first kappa shape index (κ1) is 15.5. The molecule has 0 atom stereocenters. The Balaban J connectivity index is 1.99. The van der Waals surface area contributed by atoms with Crippen LogP contribution in [0.2, 0.25) is 0 Å². The molecule has 0 amide bonds. The summed E-state index contributed by atoms with van der Waals surface area (Å²) in [6.45, 7) is 5.06. The fourth-order valence-corrected chi connectivity index (χ4v) is 3.93. The maximum absolute atomic E-state index is 6.17. The fourth-order valence-electron chi connectivity index (χ4n) is 3.25. The second-order valence-electron chi connectivity index (χ2n) is 6.52. The zero-order chi connectivity index (χ0) is 15.0. The number of anilines is 1. The third kappa shape index (κ3) is 3.04. The van der Waals surface area contributed by atoms with Gasteiger partial charge in [-0.2, -0.15) is 0 Å². The van der Waals surface area contributed by atoms with Crippen molar-refractivity contribution in [3.8, 4) is 0 Å². The number of nitrogens with zero attached hydrogens (tertiary/aromatic N) is 2. The lowest BCUT2D eigenvalue weighted by Gasteiger charge is -2.38. The molecule has 2 aliphatic carbocycles. The van der Waals surface area contributed by atoms with E-state index in [1.54, 1.807) is 0 Å². The van der Waals surface area contributed by atoms with Crippen LogP contribution in [0.3, 0.4) is 0 Å². The van der Waals surface area contributed by atoms with Crippen LogP contribution in [-0.4, -0.2) is 16.6 Å². The van der Waals surface area contributed by atoms with Gasteiger partial charge in [0.2, 0.25) is 0 Å². The molecule has 0 aromatic carbocycles. The lowest BCUT2D eigenvalue weighted by molar-refractivity contribution is -0.0837. The van der Waals surface area contributed by atoms with Crippen LogP contribution in [0.15, 0.2) is 0 Å². The van der Waals surface area contributed by atoms with Gasteiger partial charge >= 0.3 is 0 Å². The van der Waals surface area contributed by atoms with E-state index >= 15 is 0 Å². The lowest BCUT2D eigenvalue weighted by atomic mass is 9.78. The number of aromatic nitrogens is 2. The summed E-state index contributed by atoms with van der Waals surface area (Å²) < 4.78 is 7.21. The number of hydrogen-bond donors (Lipinski definition) is 1. The van der Waals surface area contributed by atoms with Gasteiger partial charge in [0.05, 0.1) is 9.26 Å². The third-order valence-electron chi connectivity index (χ3n) is 4.78. The van der Waals surface area contributed by atoms with Crippen molar-refractivity contribution in [2.45, 2.75) is 63.9 Å². The highest BCUT2D eigenvalue weighted by Crippen LogP contribution is 2.45. The highest BCUT2D eigenvalue weighted by molar-refractivity contribution is 14.1. The molecule has 0 saturated heterocycles. The first-order valence-corrected chi connectivity index (χ1v) is 9.11. The van der Waals surface area contributed by atoms with Crippen molar-refractivity contribution in [2.24, 2.45) is 5.92 Å². The molecule has 0 spiro atoms. The minimum atomic E-state index is -0.316. The Kier molecular flexibility index (Phi) is 4.41. The van der Waals surface area contributed by atoms with E-state index in [1.165, 1.54) is 25.7 Å². The summed E-state index contributed by atoms with van der Waals surface area (Å²) in [5.74, 6) is 2.81. The number of ether oxygens (including phenoxy) is 1. The van der Waals surface area contributed by atoms with Gasteiger partial charge in [-0.05, 0) is 74.0 Å². The van der Waals surface area contributed by atoms with Gasteiger partial charge in [0.1, 0.15) is 11.4 Å². The molecule has 1 heterocycles. The molecule has 116 valence electrons. The monoisotopic (exact) mass is 401 g/mol. The predicted octanol–water partition coefficient (Wildman–Crippen LogP) is 3.98. The summed E-state index contributed by atoms with van der Waals surface area (Å²) in [5.41, 5.74) is 6.99. The molecular formula is C16H24IN3O. The summed E-state index contributed by atoms with van der Waals surface area (Å²) in [7, 11) is 0. The average Bonchev–Trinajstić information content (AvgIpc) is 3.29. The van der Waals surface area contributed by atoms with E-state index in [2.05, 4.69) is 41.4 Å². The van der Waals surface area contributed by atoms with Gasteiger partial charge in [-0.3, -0.25) is 0 Å². The van der Waals surface area contributed by atoms with Crippen LogP contribution in [0.25, 0.3) is 0 Å². The maximum Gasteiger partial charge on any atom is 0.162 e. The Labute approximate surface area is 140 Å². The summed E-state index contributed by atoms with van der Waals surface area (Å²) in [5, 5.41) is 0. The topological polar surface area (TPSA) is 61.0 Å². The summed E-state index contributed by atoms with van der Waals surface area (Å²) in [6.07, 6.45) is 6.81. The number of rotatable bonds is 4. The Morgan fingerprint density at radius 3 is 2.48 bits per heavy atom. The first-order chi connectivity index (χ1) is 10.1. The quantitative estimate of drug-likeness (QED) is 0.776. The largest absolute Gasteiger partial charge is 0.383 e. The first-order valence-electron chi connectivity index (χ1n) is 8.03. The molecule has 5 heteroatoms. The van der Waals surface area contributed by atoms with E-state index in [9.17, 15) is 0 Å². The Morgan fingerprint density at radius 2 is 1.90 bits per heavy atom. The Bertz CT molecular complexity index is 522. The molecule has 2 saturated carbocycles. The molecule has 2 fully saturated rings. The fraction of sp³-hybridized carbons (Fsp3) is 0.750. The van der Waals surface area contributed by atoms with Crippen LogP contribution in [0.5, 0.6) is 0 Å². The van der Waals surface area contributed by atoms with Gasteiger partial charge in [0.15, 0.2) is 5.82 Å². The molecule has 0 unspecified atom stereocenters. The molecule has 0 aliphatic heterocycles. The molecule has 0 bridgehead atoms. The van der Waals surface area contributed by atoms with Crippen LogP contribution in [0, 0.1) is 9.49 Å². The summed E-state index contributed by atoms with van der Waals surface area (Å²) in [4.78, 5) is 9.53. The number of nitrogens with two attached hydrogens (primary N) is 1. The zero-order valence-corrected chi connectivity index (χ0v) is 15.0. The number of halogens is 1. The van der Waals surface area contributed by atoms with Crippen LogP contribution >= 0.6 is 22.6 Å². The van der Waals surface area contributed by atoms with Gasteiger partial charge in [0, 0.05) is 12.5 Å². The van der Waals surface area contributed by atoms with Crippen LogP contribution < -0.4 is 5.73 Å². The molecule has 2 aliphatic rings. The molecule has 21 heavy (non-hydrogen) atoms. The van der Waals surface area contributed by atoms with Crippen LogP contribution in [0.4, 0.5) is 5.82 Å².